The third-order valence-electron chi connectivity index (χ3n) is 2.69. The van der Waals surface area contributed by atoms with Crippen LogP contribution < -0.4 is 0 Å². The Morgan fingerprint density at radius 2 is 1.61 bits per heavy atom. The second-order valence-corrected chi connectivity index (χ2v) is 3.72. The molecule has 1 unspecified atom stereocenters. The highest BCUT2D eigenvalue weighted by atomic mass is 19.4. The molecule has 4 nitrogen and oxygen atoms in total. The van der Waals surface area contributed by atoms with Gasteiger partial charge in [-0.15, -0.1) is 0 Å². The Morgan fingerprint density at radius 3 is 1.94 bits per heavy atom. The van der Waals surface area contributed by atoms with Crippen LogP contribution in [0.2, 0.25) is 0 Å². The molecule has 18 heavy (non-hydrogen) atoms. The quantitative estimate of drug-likeness (QED) is 0.741. The van der Waals surface area contributed by atoms with Gasteiger partial charge < -0.3 is 10.0 Å². The van der Waals surface area contributed by atoms with Gasteiger partial charge in [0.15, 0.2) is 0 Å². The number of aliphatic carboxylic acids is 1. The van der Waals surface area contributed by atoms with E-state index in [1.54, 1.807) is 0 Å². The number of carbonyl (C=O) groups is 2. The normalized spacial score (nSPS) is 25.3. The van der Waals surface area contributed by atoms with Gasteiger partial charge in [0, 0.05) is 6.54 Å². The number of hydrogen-bond acceptors (Lipinski definition) is 2. The number of carboxylic acids is 1. The van der Waals surface area contributed by atoms with E-state index in [4.69, 9.17) is 5.11 Å². The second-order valence-electron chi connectivity index (χ2n) is 3.72. The average Bonchev–Trinajstić information content (AvgIpc) is 2.58. The van der Waals surface area contributed by atoms with E-state index in [1.807, 2.05) is 0 Å². The Labute approximate surface area is 96.2 Å². The molecule has 10 heteroatoms. The van der Waals surface area contributed by atoms with Gasteiger partial charge in [0.05, 0.1) is 0 Å². The third kappa shape index (κ3) is 1.99. The molecule has 1 N–H and O–H groups in total. The lowest BCUT2D eigenvalue weighted by Crippen LogP contribution is -2.64. The van der Waals surface area contributed by atoms with Crippen LogP contribution in [0.5, 0.6) is 0 Å². The fourth-order valence-corrected chi connectivity index (χ4v) is 1.89. The van der Waals surface area contributed by atoms with E-state index in [0.29, 0.717) is 0 Å². The highest BCUT2D eigenvalue weighted by Gasteiger charge is 2.69. The summed E-state index contributed by atoms with van der Waals surface area (Å²) in [5.74, 6) is -5.30. The molecule has 1 amide bonds. The topological polar surface area (TPSA) is 57.6 Å². The lowest BCUT2D eigenvalue weighted by atomic mass is 9.95. The summed E-state index contributed by atoms with van der Waals surface area (Å²) in [4.78, 5) is 20.9. The van der Waals surface area contributed by atoms with E-state index >= 15 is 0 Å². The molecule has 1 heterocycles. The van der Waals surface area contributed by atoms with E-state index in [2.05, 4.69) is 0 Å². The molecule has 0 bridgehead atoms. The Hall–Kier alpha value is -1.48. The monoisotopic (exact) mass is 279 g/mol. The van der Waals surface area contributed by atoms with Crippen LogP contribution in [0.1, 0.15) is 12.8 Å². The predicted molar refractivity (Wildman–Crippen MR) is 43.4 cm³/mol. The average molecular weight is 279 g/mol. The Balaban J connectivity index is 3.27. The first-order valence-corrected chi connectivity index (χ1v) is 4.63. The minimum atomic E-state index is -5.55. The molecule has 0 aliphatic carbocycles. The van der Waals surface area contributed by atoms with Crippen LogP contribution >= 0.6 is 0 Å². The van der Waals surface area contributed by atoms with Crippen LogP contribution in [0.4, 0.5) is 26.3 Å². The number of hydrogen-bond donors (Lipinski definition) is 1. The number of likely N-dealkylation sites (tertiary alicyclic amines) is 1. The molecule has 0 aromatic heterocycles. The summed E-state index contributed by atoms with van der Waals surface area (Å²) >= 11 is 0. The molecule has 1 aliphatic rings. The Morgan fingerprint density at radius 1 is 1.11 bits per heavy atom. The smallest absolute Gasteiger partial charge is 0.471 e. The number of carbonyl (C=O) groups excluding carboxylic acids is 1. The predicted octanol–water partition coefficient (Wildman–Crippen LogP) is 1.56. The minimum Gasteiger partial charge on any atom is -0.479 e. The first-order chi connectivity index (χ1) is 7.94. The van der Waals surface area contributed by atoms with Gasteiger partial charge in [0.25, 0.3) is 0 Å². The summed E-state index contributed by atoms with van der Waals surface area (Å²) in [6.07, 6.45) is -12.6. The van der Waals surface area contributed by atoms with E-state index < -0.39 is 54.1 Å². The highest BCUT2D eigenvalue weighted by Crippen LogP contribution is 2.44. The van der Waals surface area contributed by atoms with Crippen molar-refractivity contribution in [2.45, 2.75) is 30.7 Å². The van der Waals surface area contributed by atoms with Crippen LogP contribution in [-0.2, 0) is 9.59 Å². The third-order valence-corrected chi connectivity index (χ3v) is 2.69. The second kappa shape index (κ2) is 4.02. The fourth-order valence-electron chi connectivity index (χ4n) is 1.89. The Kier molecular flexibility index (Phi) is 3.26. The number of nitrogens with zero attached hydrogens (tertiary/aromatic N) is 1. The van der Waals surface area contributed by atoms with Crippen molar-refractivity contribution >= 4 is 11.9 Å². The first-order valence-electron chi connectivity index (χ1n) is 4.63. The van der Waals surface area contributed by atoms with Crippen LogP contribution in [0.3, 0.4) is 0 Å². The van der Waals surface area contributed by atoms with Crippen LogP contribution in [0, 0.1) is 0 Å². The zero-order valence-corrected chi connectivity index (χ0v) is 8.60. The van der Waals surface area contributed by atoms with Crippen molar-refractivity contribution in [1.29, 1.82) is 0 Å². The van der Waals surface area contributed by atoms with Crippen molar-refractivity contribution in [3.63, 3.8) is 0 Å². The molecule has 1 atom stereocenters. The molecule has 0 aromatic carbocycles. The van der Waals surface area contributed by atoms with Crippen LogP contribution in [-0.4, -0.2) is 46.3 Å². The van der Waals surface area contributed by atoms with Gasteiger partial charge in [-0.1, -0.05) is 0 Å². The zero-order chi connectivity index (χ0) is 14.4. The summed E-state index contributed by atoms with van der Waals surface area (Å²) < 4.78 is 74.6. The maximum Gasteiger partial charge on any atom is 0.471 e. The lowest BCUT2D eigenvalue weighted by Gasteiger charge is -2.36. The number of carboxylic acid groups (broad SMARTS) is 1. The first kappa shape index (κ1) is 14.6. The van der Waals surface area contributed by atoms with Crippen molar-refractivity contribution in [1.82, 2.24) is 4.90 Å². The van der Waals surface area contributed by atoms with Gasteiger partial charge in [0.1, 0.15) is 0 Å². The van der Waals surface area contributed by atoms with Crippen LogP contribution in [0.25, 0.3) is 0 Å². The fraction of sp³-hybridized carbons (Fsp3) is 0.750. The zero-order valence-electron chi connectivity index (χ0n) is 8.60. The molecule has 1 aliphatic heterocycles. The summed E-state index contributed by atoms with van der Waals surface area (Å²) in [6.45, 7) is -0.899. The minimum absolute atomic E-state index is 0.465. The number of alkyl halides is 6. The van der Waals surface area contributed by atoms with Crippen molar-refractivity contribution in [2.24, 2.45) is 0 Å². The van der Waals surface area contributed by atoms with Crippen molar-refractivity contribution in [3.05, 3.63) is 0 Å². The molecule has 104 valence electrons. The van der Waals surface area contributed by atoms with Gasteiger partial charge in [0.2, 0.25) is 5.54 Å². The standard InChI is InChI=1S/C8H7F6NO3/c9-7(10,11)4(16)15-3-1-2-6(15,5(17)18)8(12,13)14/h1-3H2,(H,17,18). The summed E-state index contributed by atoms with van der Waals surface area (Å²) in [7, 11) is 0. The van der Waals surface area contributed by atoms with E-state index in [-0.39, 0.29) is 0 Å². The van der Waals surface area contributed by atoms with Crippen molar-refractivity contribution in [3.8, 4) is 0 Å². The van der Waals surface area contributed by atoms with E-state index in [0.717, 1.165) is 0 Å². The van der Waals surface area contributed by atoms with Gasteiger partial charge >= 0.3 is 24.2 Å². The van der Waals surface area contributed by atoms with Gasteiger partial charge in [-0.2, -0.15) is 26.3 Å². The van der Waals surface area contributed by atoms with E-state index in [1.165, 1.54) is 0 Å². The number of rotatable bonds is 1. The molecule has 0 radical (unpaired) electrons. The molecular formula is C8H7F6NO3. The maximum atomic E-state index is 12.7. The molecule has 0 aromatic rings. The van der Waals surface area contributed by atoms with Crippen molar-refractivity contribution < 1.29 is 41.0 Å². The molecule has 1 rings (SSSR count). The lowest BCUT2D eigenvalue weighted by molar-refractivity contribution is -0.241. The summed E-state index contributed by atoms with van der Waals surface area (Å²) in [5, 5.41) is 8.60. The van der Waals surface area contributed by atoms with Gasteiger partial charge in [-0.05, 0) is 12.8 Å². The Bertz CT molecular complexity index is 376. The summed E-state index contributed by atoms with van der Waals surface area (Å²) in [5.41, 5.74) is -3.79. The molecule has 1 fully saturated rings. The molecule has 0 saturated carbocycles. The van der Waals surface area contributed by atoms with Crippen LogP contribution in [0.15, 0.2) is 0 Å². The SMILES string of the molecule is O=C(N1CCCC1(C(=O)O)C(F)(F)F)C(F)(F)F. The van der Waals surface area contributed by atoms with Gasteiger partial charge in [-0.25, -0.2) is 4.79 Å². The highest BCUT2D eigenvalue weighted by molar-refractivity contribution is 5.91. The largest absolute Gasteiger partial charge is 0.479 e. The number of halogens is 6. The maximum absolute atomic E-state index is 12.7. The molecule has 0 spiro atoms. The molecule has 1 saturated heterocycles. The van der Waals surface area contributed by atoms with Crippen molar-refractivity contribution in [2.75, 3.05) is 6.54 Å². The van der Waals surface area contributed by atoms with Gasteiger partial charge in [-0.3, -0.25) is 4.79 Å². The van der Waals surface area contributed by atoms with E-state index in [9.17, 15) is 35.9 Å². The number of amides is 1. The summed E-state index contributed by atoms with van der Waals surface area (Å²) in [6, 6.07) is 0. The molecular weight excluding hydrogens is 272 g/mol.